The van der Waals surface area contributed by atoms with Gasteiger partial charge in [-0.2, -0.15) is 5.10 Å². The summed E-state index contributed by atoms with van der Waals surface area (Å²) < 4.78 is 9.98. The van der Waals surface area contributed by atoms with Crippen LogP contribution in [-0.2, 0) is 19.8 Å². The third-order valence-electron chi connectivity index (χ3n) is 4.22. The van der Waals surface area contributed by atoms with Gasteiger partial charge in [0.05, 0.1) is 13.3 Å². The average Bonchev–Trinajstić information content (AvgIpc) is 3.00. The van der Waals surface area contributed by atoms with Crippen molar-refractivity contribution < 1.29 is 4.74 Å². The molecule has 1 aromatic carbocycles. The van der Waals surface area contributed by atoms with Crippen LogP contribution in [0.5, 0.6) is 5.75 Å². The van der Waals surface area contributed by atoms with Crippen LogP contribution in [0.4, 0.5) is 0 Å². The van der Waals surface area contributed by atoms with Crippen LogP contribution < -0.4 is 4.74 Å². The first kappa shape index (κ1) is 20.0. The van der Waals surface area contributed by atoms with Crippen LogP contribution in [0.2, 0.25) is 0 Å². The number of aromatic nitrogens is 4. The molecule has 2 aromatic heterocycles. The summed E-state index contributed by atoms with van der Waals surface area (Å²) in [7, 11) is 2.05. The van der Waals surface area contributed by atoms with Gasteiger partial charge in [-0.05, 0) is 56.0 Å². The fraction of sp³-hybridized carbons (Fsp3) is 0.286. The highest BCUT2D eigenvalue weighted by atomic mass is 32.1. The van der Waals surface area contributed by atoms with E-state index in [0.29, 0.717) is 24.6 Å². The Bertz CT molecular complexity index is 963. The molecule has 0 amide bonds. The van der Waals surface area contributed by atoms with Crippen molar-refractivity contribution in [3.05, 3.63) is 71.8 Å². The highest BCUT2D eigenvalue weighted by molar-refractivity contribution is 7.71. The van der Waals surface area contributed by atoms with Crippen molar-refractivity contribution in [2.24, 2.45) is 0 Å². The van der Waals surface area contributed by atoms with E-state index in [9.17, 15) is 0 Å². The molecule has 3 rings (SSSR count). The summed E-state index contributed by atoms with van der Waals surface area (Å²) in [6.45, 7) is 8.46. The first-order valence-corrected chi connectivity index (χ1v) is 9.62. The van der Waals surface area contributed by atoms with Crippen molar-refractivity contribution >= 4 is 12.2 Å². The molecule has 6 nitrogen and oxygen atoms in total. The molecule has 7 heteroatoms. The van der Waals surface area contributed by atoms with Crippen molar-refractivity contribution in [3.8, 4) is 17.1 Å². The van der Waals surface area contributed by atoms with Crippen LogP contribution >= 0.6 is 12.2 Å². The lowest BCUT2D eigenvalue weighted by molar-refractivity contribution is 0.244. The van der Waals surface area contributed by atoms with Crippen LogP contribution in [0.3, 0.4) is 0 Å². The zero-order chi connectivity index (χ0) is 19.9. The second-order valence-corrected chi connectivity index (χ2v) is 6.84. The highest BCUT2D eigenvalue weighted by Gasteiger charge is 2.13. The Kier molecular flexibility index (Phi) is 6.73. The third-order valence-corrected chi connectivity index (χ3v) is 4.65. The van der Waals surface area contributed by atoms with E-state index >= 15 is 0 Å². The highest BCUT2D eigenvalue weighted by Crippen LogP contribution is 2.18. The second kappa shape index (κ2) is 9.43. The molecule has 0 aliphatic heterocycles. The Labute approximate surface area is 170 Å². The molecular formula is C21H25N5OS. The molecule has 3 aromatic rings. The molecule has 0 aliphatic carbocycles. The predicted octanol–water partition coefficient (Wildman–Crippen LogP) is 4.15. The standard InChI is InChI=1S/C21H25N5OS/c1-4-13-25-20(18-7-6-12-22-14-18)23-26(21(25)28)16-24(3)15-17-8-10-19(11-9-17)27-5-2/h4,6-12,14H,1,5,13,15-16H2,2-3H3. The van der Waals surface area contributed by atoms with Gasteiger partial charge in [-0.15, -0.1) is 6.58 Å². The number of pyridine rings is 1. The minimum Gasteiger partial charge on any atom is -0.494 e. The van der Waals surface area contributed by atoms with Crippen LogP contribution in [0.15, 0.2) is 61.4 Å². The Hall–Kier alpha value is -2.77. The maximum absolute atomic E-state index is 5.66. The maximum Gasteiger partial charge on any atom is 0.199 e. The summed E-state index contributed by atoms with van der Waals surface area (Å²) in [5, 5.41) is 4.74. The summed E-state index contributed by atoms with van der Waals surface area (Å²) >= 11 is 5.66. The smallest absolute Gasteiger partial charge is 0.199 e. The van der Waals surface area contributed by atoms with Gasteiger partial charge in [0, 0.05) is 31.0 Å². The van der Waals surface area contributed by atoms with Gasteiger partial charge in [-0.3, -0.25) is 14.5 Å². The summed E-state index contributed by atoms with van der Waals surface area (Å²) in [6, 6.07) is 12.0. The van der Waals surface area contributed by atoms with Gasteiger partial charge in [-0.25, -0.2) is 4.68 Å². The summed E-state index contributed by atoms with van der Waals surface area (Å²) in [6.07, 6.45) is 5.37. The Morgan fingerprint density at radius 2 is 2.04 bits per heavy atom. The van der Waals surface area contributed by atoms with Crippen LogP contribution in [-0.4, -0.2) is 37.9 Å². The number of hydrogen-bond donors (Lipinski definition) is 0. The SMILES string of the molecule is C=CCn1c(-c2cccnc2)nn(CN(C)Cc2ccc(OCC)cc2)c1=S. The number of ether oxygens (including phenoxy) is 1. The molecule has 2 heterocycles. The average molecular weight is 396 g/mol. The van der Waals surface area contributed by atoms with Crippen molar-refractivity contribution in [2.75, 3.05) is 13.7 Å². The minimum absolute atomic E-state index is 0.587. The Morgan fingerprint density at radius 1 is 1.25 bits per heavy atom. The molecule has 0 atom stereocenters. The Morgan fingerprint density at radius 3 is 2.68 bits per heavy atom. The van der Waals surface area contributed by atoms with Crippen molar-refractivity contribution in [1.29, 1.82) is 0 Å². The molecule has 146 valence electrons. The Balaban J connectivity index is 1.78. The van der Waals surface area contributed by atoms with Gasteiger partial charge >= 0.3 is 0 Å². The molecule has 0 spiro atoms. The van der Waals surface area contributed by atoms with Gasteiger partial charge < -0.3 is 4.74 Å². The summed E-state index contributed by atoms with van der Waals surface area (Å²) in [4.78, 5) is 6.37. The van der Waals surface area contributed by atoms with E-state index in [-0.39, 0.29) is 0 Å². The van der Waals surface area contributed by atoms with E-state index in [1.165, 1.54) is 5.56 Å². The molecule has 0 N–H and O–H groups in total. The lowest BCUT2D eigenvalue weighted by Gasteiger charge is -2.16. The molecular weight excluding hydrogens is 370 g/mol. The molecule has 0 unspecified atom stereocenters. The second-order valence-electron chi connectivity index (χ2n) is 6.48. The normalized spacial score (nSPS) is 11.0. The third kappa shape index (κ3) is 4.74. The zero-order valence-electron chi connectivity index (χ0n) is 16.3. The fourth-order valence-electron chi connectivity index (χ4n) is 2.98. The molecule has 0 bridgehead atoms. The van der Waals surface area contributed by atoms with Crippen LogP contribution in [0.25, 0.3) is 11.4 Å². The molecule has 0 fully saturated rings. The van der Waals surface area contributed by atoms with Gasteiger partial charge in [0.1, 0.15) is 5.75 Å². The van der Waals surface area contributed by atoms with E-state index in [1.54, 1.807) is 12.4 Å². The predicted molar refractivity (Wildman–Crippen MR) is 114 cm³/mol. The van der Waals surface area contributed by atoms with E-state index in [0.717, 1.165) is 23.7 Å². The zero-order valence-corrected chi connectivity index (χ0v) is 17.1. The quantitative estimate of drug-likeness (QED) is 0.402. The molecule has 28 heavy (non-hydrogen) atoms. The maximum atomic E-state index is 5.66. The van der Waals surface area contributed by atoms with Crippen molar-refractivity contribution in [1.82, 2.24) is 24.2 Å². The van der Waals surface area contributed by atoms with E-state index < -0.39 is 0 Å². The minimum atomic E-state index is 0.587. The lowest BCUT2D eigenvalue weighted by Crippen LogP contribution is -2.22. The summed E-state index contributed by atoms with van der Waals surface area (Å²) in [5.74, 6) is 1.69. The van der Waals surface area contributed by atoms with E-state index in [4.69, 9.17) is 22.1 Å². The molecule has 0 saturated carbocycles. The topological polar surface area (TPSA) is 48.1 Å². The van der Waals surface area contributed by atoms with Gasteiger partial charge in [-0.1, -0.05) is 18.2 Å². The monoisotopic (exact) mass is 395 g/mol. The number of rotatable bonds is 9. The van der Waals surface area contributed by atoms with E-state index in [1.807, 2.05) is 46.5 Å². The number of nitrogens with zero attached hydrogens (tertiary/aromatic N) is 5. The first-order valence-electron chi connectivity index (χ1n) is 9.21. The number of hydrogen-bond acceptors (Lipinski definition) is 5. The van der Waals surface area contributed by atoms with E-state index in [2.05, 4.69) is 35.6 Å². The lowest BCUT2D eigenvalue weighted by atomic mass is 10.2. The van der Waals surface area contributed by atoms with Gasteiger partial charge in [0.15, 0.2) is 10.6 Å². The number of benzene rings is 1. The molecule has 0 radical (unpaired) electrons. The molecule has 0 saturated heterocycles. The summed E-state index contributed by atoms with van der Waals surface area (Å²) in [5.41, 5.74) is 2.14. The largest absolute Gasteiger partial charge is 0.494 e. The van der Waals surface area contributed by atoms with Crippen LogP contribution in [0.1, 0.15) is 12.5 Å². The van der Waals surface area contributed by atoms with Gasteiger partial charge in [0.25, 0.3) is 0 Å². The van der Waals surface area contributed by atoms with Crippen LogP contribution in [0, 0.1) is 4.77 Å². The van der Waals surface area contributed by atoms with Crippen molar-refractivity contribution in [3.63, 3.8) is 0 Å². The van der Waals surface area contributed by atoms with Gasteiger partial charge in [0.2, 0.25) is 0 Å². The fourth-order valence-corrected chi connectivity index (χ4v) is 3.24. The first-order chi connectivity index (χ1) is 13.6. The number of allylic oxidation sites excluding steroid dienone is 1. The molecule has 0 aliphatic rings. The van der Waals surface area contributed by atoms with Crippen molar-refractivity contribution in [2.45, 2.75) is 26.7 Å².